The Morgan fingerprint density at radius 3 is 2.97 bits per heavy atom. The summed E-state index contributed by atoms with van der Waals surface area (Å²) in [5.41, 5.74) is 3.70. The van der Waals surface area contributed by atoms with E-state index in [-0.39, 0.29) is 17.1 Å². The van der Waals surface area contributed by atoms with Crippen LogP contribution in [0.15, 0.2) is 47.4 Å². The molecular formula is C24H27FN2OS. The number of nitrogens with one attached hydrogen (secondary N) is 1. The van der Waals surface area contributed by atoms with Crippen molar-refractivity contribution in [1.29, 1.82) is 0 Å². The Morgan fingerprint density at radius 2 is 2.10 bits per heavy atom. The second-order valence-electron chi connectivity index (χ2n) is 8.44. The number of piperidine rings is 1. The molecule has 0 aliphatic carbocycles. The van der Waals surface area contributed by atoms with E-state index < -0.39 is 0 Å². The van der Waals surface area contributed by atoms with Crippen molar-refractivity contribution in [3.05, 3.63) is 59.4 Å². The minimum Gasteiger partial charge on any atom is -0.364 e. The molecule has 1 saturated heterocycles. The topological polar surface area (TPSA) is 32.3 Å². The van der Waals surface area contributed by atoms with E-state index in [2.05, 4.69) is 28.4 Å². The van der Waals surface area contributed by atoms with Crippen LogP contribution in [-0.2, 0) is 0 Å². The summed E-state index contributed by atoms with van der Waals surface area (Å²) in [6.07, 6.45) is 4.76. The molecule has 3 heterocycles. The van der Waals surface area contributed by atoms with Crippen LogP contribution in [0.2, 0.25) is 0 Å². The maximum atomic E-state index is 13.1. The van der Waals surface area contributed by atoms with Crippen LogP contribution in [-0.4, -0.2) is 36.7 Å². The van der Waals surface area contributed by atoms with Gasteiger partial charge in [-0.25, -0.2) is 4.39 Å². The van der Waals surface area contributed by atoms with Crippen molar-refractivity contribution in [1.82, 2.24) is 5.32 Å². The Balaban J connectivity index is 1.38. The summed E-state index contributed by atoms with van der Waals surface area (Å²) in [6, 6.07) is 12.8. The Labute approximate surface area is 176 Å². The highest BCUT2D eigenvalue weighted by Crippen LogP contribution is 2.56. The first-order chi connectivity index (χ1) is 14.2. The third-order valence-electron chi connectivity index (χ3n) is 6.91. The lowest BCUT2D eigenvalue weighted by atomic mass is 9.73. The molecule has 0 aromatic heterocycles. The molecule has 1 fully saturated rings. The van der Waals surface area contributed by atoms with Gasteiger partial charge < -0.3 is 10.2 Å². The number of thioether (sulfide) groups is 1. The van der Waals surface area contributed by atoms with Crippen molar-refractivity contribution in [2.45, 2.75) is 48.5 Å². The zero-order chi connectivity index (χ0) is 19.8. The number of carbonyl (C=O) groups is 1. The summed E-state index contributed by atoms with van der Waals surface area (Å²) in [5.74, 6) is 1.49. The van der Waals surface area contributed by atoms with Crippen LogP contribution >= 0.6 is 11.8 Å². The monoisotopic (exact) mass is 410 g/mol. The third-order valence-corrected chi connectivity index (χ3v) is 8.04. The lowest BCUT2D eigenvalue weighted by Gasteiger charge is -2.47. The van der Waals surface area contributed by atoms with Gasteiger partial charge in [0.25, 0.3) is 0 Å². The van der Waals surface area contributed by atoms with Gasteiger partial charge >= 0.3 is 0 Å². The molecule has 0 amide bonds. The van der Waals surface area contributed by atoms with Gasteiger partial charge in [0.15, 0.2) is 5.78 Å². The van der Waals surface area contributed by atoms with Gasteiger partial charge in [0.2, 0.25) is 0 Å². The standard InChI is InChI=1S/C24H27FN2OS/c25-18-9-7-17(8-10-18)21(28)5-2-11-24-12-13-26-16-20(24)19-4-1-6-22-23(19)27(24)14-3-15-29-22/h1,4,6-10,20,26H,2-3,5,11-16H2. The van der Waals surface area contributed by atoms with Gasteiger partial charge in [-0.3, -0.25) is 4.79 Å². The summed E-state index contributed by atoms with van der Waals surface area (Å²) in [7, 11) is 0. The van der Waals surface area contributed by atoms with Crippen molar-refractivity contribution in [3.8, 4) is 0 Å². The van der Waals surface area contributed by atoms with Crippen LogP contribution in [0.5, 0.6) is 0 Å². The van der Waals surface area contributed by atoms with Gasteiger partial charge in [-0.1, -0.05) is 12.1 Å². The van der Waals surface area contributed by atoms with E-state index in [0.717, 1.165) is 38.9 Å². The fourth-order valence-electron chi connectivity index (χ4n) is 5.60. The van der Waals surface area contributed by atoms with Gasteiger partial charge in [-0.2, -0.15) is 0 Å². The minimum atomic E-state index is -0.295. The van der Waals surface area contributed by atoms with E-state index in [9.17, 15) is 9.18 Å². The van der Waals surface area contributed by atoms with Crippen LogP contribution < -0.4 is 10.2 Å². The van der Waals surface area contributed by atoms with Crippen LogP contribution in [0.25, 0.3) is 0 Å². The molecule has 1 N–H and O–H groups in total. The fraction of sp³-hybridized carbons (Fsp3) is 0.458. The van der Waals surface area contributed by atoms with Gasteiger partial charge in [0.05, 0.1) is 5.69 Å². The van der Waals surface area contributed by atoms with Crippen LogP contribution in [0.3, 0.4) is 0 Å². The predicted molar refractivity (Wildman–Crippen MR) is 117 cm³/mol. The summed E-state index contributed by atoms with van der Waals surface area (Å²) in [4.78, 5) is 16.8. The van der Waals surface area contributed by atoms with Crippen molar-refractivity contribution < 1.29 is 9.18 Å². The highest BCUT2D eigenvalue weighted by molar-refractivity contribution is 7.99. The molecule has 5 heteroatoms. The number of fused-ring (bicyclic) bond motifs is 3. The SMILES string of the molecule is O=C(CCCC12CCNCC1c1cccc3c1N2CCCS3)c1ccc(F)cc1. The normalized spacial score (nSPS) is 25.3. The second kappa shape index (κ2) is 7.77. The molecule has 0 bridgehead atoms. The molecule has 2 aromatic rings. The number of para-hydroxylation sites is 1. The average Bonchev–Trinajstić information content (AvgIpc) is 2.86. The van der Waals surface area contributed by atoms with Crippen LogP contribution in [0, 0.1) is 5.82 Å². The molecule has 0 spiro atoms. The molecule has 2 unspecified atom stereocenters. The first-order valence-electron chi connectivity index (χ1n) is 10.7. The van der Waals surface area contributed by atoms with E-state index >= 15 is 0 Å². The van der Waals surface area contributed by atoms with E-state index in [1.54, 1.807) is 12.1 Å². The fourth-order valence-corrected chi connectivity index (χ4v) is 6.63. The van der Waals surface area contributed by atoms with Crippen molar-refractivity contribution in [3.63, 3.8) is 0 Å². The predicted octanol–water partition coefficient (Wildman–Crippen LogP) is 5.01. The molecule has 3 nitrogen and oxygen atoms in total. The van der Waals surface area contributed by atoms with Gasteiger partial charge in [0, 0.05) is 41.4 Å². The number of benzene rings is 2. The molecule has 2 atom stereocenters. The molecule has 0 saturated carbocycles. The zero-order valence-electron chi connectivity index (χ0n) is 16.6. The lowest BCUT2D eigenvalue weighted by molar-refractivity contribution is 0.0974. The maximum absolute atomic E-state index is 13.1. The van der Waals surface area contributed by atoms with Gasteiger partial charge in [0.1, 0.15) is 5.82 Å². The highest BCUT2D eigenvalue weighted by Gasteiger charge is 2.52. The van der Waals surface area contributed by atoms with Crippen LogP contribution in [0.1, 0.15) is 53.9 Å². The van der Waals surface area contributed by atoms with E-state index in [1.807, 2.05) is 11.8 Å². The van der Waals surface area contributed by atoms with Crippen molar-refractivity contribution in [2.24, 2.45) is 0 Å². The summed E-state index contributed by atoms with van der Waals surface area (Å²) in [5, 5.41) is 3.62. The molecule has 3 aliphatic heterocycles. The smallest absolute Gasteiger partial charge is 0.162 e. The lowest BCUT2D eigenvalue weighted by Crippen LogP contribution is -2.56. The first kappa shape index (κ1) is 19.1. The Bertz CT molecular complexity index is 916. The molecule has 2 aromatic carbocycles. The quantitative estimate of drug-likeness (QED) is 0.703. The van der Waals surface area contributed by atoms with E-state index in [4.69, 9.17) is 0 Å². The van der Waals surface area contributed by atoms with Crippen molar-refractivity contribution >= 4 is 23.2 Å². The summed E-state index contributed by atoms with van der Waals surface area (Å²) < 4.78 is 13.1. The number of rotatable bonds is 5. The van der Waals surface area contributed by atoms with Crippen molar-refractivity contribution in [2.75, 3.05) is 30.3 Å². The number of carbonyl (C=O) groups excluding carboxylic acids is 1. The molecule has 3 aliphatic rings. The Kier molecular flexibility index (Phi) is 5.12. The molecule has 152 valence electrons. The third kappa shape index (κ3) is 3.28. The van der Waals surface area contributed by atoms with Gasteiger partial charge in [-0.15, -0.1) is 11.8 Å². The number of anilines is 1. The molecular weight excluding hydrogens is 383 g/mol. The zero-order valence-corrected chi connectivity index (χ0v) is 17.4. The number of hydrogen-bond acceptors (Lipinski definition) is 4. The second-order valence-corrected chi connectivity index (χ2v) is 9.58. The number of halogens is 1. The number of Topliss-reactive ketones (excluding diaryl/α,β-unsaturated/α-hetero) is 1. The number of nitrogens with zero attached hydrogens (tertiary/aromatic N) is 1. The Morgan fingerprint density at radius 1 is 1.24 bits per heavy atom. The number of hydrogen-bond donors (Lipinski definition) is 1. The summed E-state index contributed by atoms with van der Waals surface area (Å²) in [6.45, 7) is 3.17. The first-order valence-corrected chi connectivity index (χ1v) is 11.7. The van der Waals surface area contributed by atoms with E-state index in [1.165, 1.54) is 40.5 Å². The number of ketones is 1. The maximum Gasteiger partial charge on any atom is 0.162 e. The highest BCUT2D eigenvalue weighted by atomic mass is 32.2. The Hall–Kier alpha value is -1.85. The van der Waals surface area contributed by atoms with Gasteiger partial charge in [-0.05, 0) is 73.9 Å². The molecule has 29 heavy (non-hydrogen) atoms. The van der Waals surface area contributed by atoms with Crippen LogP contribution in [0.4, 0.5) is 10.1 Å². The molecule has 5 rings (SSSR count). The minimum absolute atomic E-state index is 0.120. The average molecular weight is 411 g/mol. The summed E-state index contributed by atoms with van der Waals surface area (Å²) >= 11 is 1.99. The van der Waals surface area contributed by atoms with E-state index in [0.29, 0.717) is 17.9 Å². The molecule has 0 radical (unpaired) electrons. The largest absolute Gasteiger partial charge is 0.364 e.